The number of fused-ring (bicyclic) bond motifs is 1. The molecule has 0 aliphatic heterocycles. The second-order valence-corrected chi connectivity index (χ2v) is 10.8. The second kappa shape index (κ2) is 7.95. The maximum absolute atomic E-state index is 11.9. The van der Waals surface area contributed by atoms with E-state index in [1.165, 1.54) is 33.5 Å². The van der Waals surface area contributed by atoms with Gasteiger partial charge in [0.05, 0.1) is 10.6 Å². The van der Waals surface area contributed by atoms with E-state index in [4.69, 9.17) is 0 Å². The van der Waals surface area contributed by atoms with Gasteiger partial charge in [-0.3, -0.25) is 4.79 Å². The fourth-order valence-corrected chi connectivity index (χ4v) is 5.47. The molecule has 0 aromatic carbocycles. The number of carbonyl (C=O) groups is 1. The van der Waals surface area contributed by atoms with Crippen molar-refractivity contribution >= 4 is 29.0 Å². The number of carbonyl (C=O) groups excluding carboxylic acids is 1. The van der Waals surface area contributed by atoms with Gasteiger partial charge in [-0.25, -0.2) is 0 Å². The zero-order chi connectivity index (χ0) is 19.8. The van der Waals surface area contributed by atoms with Gasteiger partial charge in [-0.05, 0) is 56.1 Å². The highest BCUT2D eigenvalue weighted by Crippen LogP contribution is 2.42. The average Bonchev–Trinajstić information content (AvgIpc) is 3.13. The van der Waals surface area contributed by atoms with Gasteiger partial charge in [0, 0.05) is 18.0 Å². The van der Waals surface area contributed by atoms with E-state index in [1.54, 1.807) is 0 Å². The molecule has 1 aliphatic rings. The van der Waals surface area contributed by atoms with Gasteiger partial charge in [-0.1, -0.05) is 32.5 Å². The first-order valence-electron chi connectivity index (χ1n) is 9.58. The molecular weight excluding hydrogens is 376 g/mol. The molecule has 1 N–H and O–H groups in total. The molecule has 0 radical (unpaired) electrons. The van der Waals surface area contributed by atoms with E-state index in [1.807, 2.05) is 36.8 Å². The molecule has 0 fully saturated rings. The Balaban J connectivity index is 1.73. The van der Waals surface area contributed by atoms with Crippen LogP contribution < -0.4 is 5.32 Å². The van der Waals surface area contributed by atoms with Gasteiger partial charge in [-0.2, -0.15) is 0 Å². The van der Waals surface area contributed by atoms with Gasteiger partial charge in [-0.15, -0.1) is 21.5 Å². The molecule has 2 aromatic rings. The smallest absolute Gasteiger partial charge is 0.230 e. The number of rotatable bonds is 5. The van der Waals surface area contributed by atoms with E-state index in [0.717, 1.165) is 29.7 Å². The summed E-state index contributed by atoms with van der Waals surface area (Å²) in [6.45, 7) is 11.0. The van der Waals surface area contributed by atoms with Crippen LogP contribution in [0.25, 0.3) is 10.7 Å². The fourth-order valence-electron chi connectivity index (χ4n) is 3.52. The van der Waals surface area contributed by atoms with Crippen LogP contribution in [-0.2, 0) is 24.7 Å². The zero-order valence-electron chi connectivity index (χ0n) is 17.1. The number of amides is 1. The molecule has 5 nitrogen and oxygen atoms in total. The van der Waals surface area contributed by atoms with Gasteiger partial charge in [0.2, 0.25) is 5.91 Å². The SMILES string of the molecule is CC(C)NC(=O)CSc1nnc(-c2cc3c(s2)CC[C@@H](C(C)(C)C)C3)n1C. The third-order valence-electron chi connectivity index (χ3n) is 5.14. The van der Waals surface area contributed by atoms with Crippen LogP contribution in [0.1, 0.15) is 51.5 Å². The first-order valence-corrected chi connectivity index (χ1v) is 11.4. The van der Waals surface area contributed by atoms with Crippen LogP contribution >= 0.6 is 23.1 Å². The van der Waals surface area contributed by atoms with Crippen molar-refractivity contribution in [2.75, 3.05) is 5.75 Å². The van der Waals surface area contributed by atoms with Crippen LogP contribution in [-0.4, -0.2) is 32.5 Å². The minimum atomic E-state index is 0.0272. The predicted molar refractivity (Wildman–Crippen MR) is 113 cm³/mol. The van der Waals surface area contributed by atoms with Crippen LogP contribution in [0.2, 0.25) is 0 Å². The lowest BCUT2D eigenvalue weighted by molar-refractivity contribution is -0.119. The highest BCUT2D eigenvalue weighted by atomic mass is 32.2. The van der Waals surface area contributed by atoms with E-state index in [0.29, 0.717) is 11.2 Å². The molecular formula is C20H30N4OS2. The summed E-state index contributed by atoms with van der Waals surface area (Å²) < 4.78 is 2.01. The highest BCUT2D eigenvalue weighted by molar-refractivity contribution is 7.99. The number of aryl methyl sites for hydroxylation is 1. The van der Waals surface area contributed by atoms with Crippen LogP contribution in [0.15, 0.2) is 11.2 Å². The van der Waals surface area contributed by atoms with Crippen molar-refractivity contribution in [1.29, 1.82) is 0 Å². The largest absolute Gasteiger partial charge is 0.353 e. The number of nitrogens with zero attached hydrogens (tertiary/aromatic N) is 3. The molecule has 1 atom stereocenters. The molecule has 0 bridgehead atoms. The van der Waals surface area contributed by atoms with Crippen LogP contribution in [0.4, 0.5) is 0 Å². The van der Waals surface area contributed by atoms with Crippen molar-refractivity contribution in [2.24, 2.45) is 18.4 Å². The Kier molecular flexibility index (Phi) is 6.01. The van der Waals surface area contributed by atoms with E-state index in [9.17, 15) is 4.79 Å². The predicted octanol–water partition coefficient (Wildman–Crippen LogP) is 4.31. The van der Waals surface area contributed by atoms with Crippen molar-refractivity contribution in [3.63, 3.8) is 0 Å². The number of aromatic nitrogens is 3. The van der Waals surface area contributed by atoms with E-state index >= 15 is 0 Å². The molecule has 0 spiro atoms. The molecule has 0 unspecified atom stereocenters. The average molecular weight is 407 g/mol. The molecule has 3 rings (SSSR count). The van der Waals surface area contributed by atoms with Gasteiger partial charge in [0.15, 0.2) is 11.0 Å². The monoisotopic (exact) mass is 406 g/mol. The Morgan fingerprint density at radius 1 is 1.41 bits per heavy atom. The summed E-state index contributed by atoms with van der Waals surface area (Å²) >= 11 is 3.28. The lowest BCUT2D eigenvalue weighted by Crippen LogP contribution is -2.31. The van der Waals surface area contributed by atoms with Gasteiger partial charge >= 0.3 is 0 Å². The van der Waals surface area contributed by atoms with E-state index < -0.39 is 0 Å². The van der Waals surface area contributed by atoms with E-state index in [-0.39, 0.29) is 11.9 Å². The standard InChI is InChI=1S/C20H30N4OS2/c1-12(2)21-17(25)11-26-19-23-22-18(24(19)6)16-10-13-9-14(20(3,4)5)7-8-15(13)27-16/h10,12,14H,7-9,11H2,1-6H3,(H,21,25)/t14-/m1/s1. The molecule has 148 valence electrons. The third-order valence-corrected chi connectivity index (χ3v) is 7.40. The Morgan fingerprint density at radius 2 is 2.15 bits per heavy atom. The van der Waals surface area contributed by atoms with Crippen molar-refractivity contribution in [2.45, 2.75) is 65.1 Å². The van der Waals surface area contributed by atoms with Crippen molar-refractivity contribution in [3.05, 3.63) is 16.5 Å². The Hall–Kier alpha value is -1.34. The first kappa shape index (κ1) is 20.4. The van der Waals surface area contributed by atoms with Crippen LogP contribution in [0, 0.1) is 11.3 Å². The Labute approximate surface area is 170 Å². The summed E-state index contributed by atoms with van der Waals surface area (Å²) in [6, 6.07) is 2.46. The number of nitrogens with one attached hydrogen (secondary N) is 1. The quantitative estimate of drug-likeness (QED) is 0.752. The third kappa shape index (κ3) is 4.74. The lowest BCUT2D eigenvalue weighted by Gasteiger charge is -2.33. The van der Waals surface area contributed by atoms with Crippen molar-refractivity contribution in [1.82, 2.24) is 20.1 Å². The summed E-state index contributed by atoms with van der Waals surface area (Å²) in [6.07, 6.45) is 3.59. The topological polar surface area (TPSA) is 59.8 Å². The summed E-state index contributed by atoms with van der Waals surface area (Å²) in [5.74, 6) is 2.02. The molecule has 27 heavy (non-hydrogen) atoms. The number of thiophene rings is 1. The van der Waals surface area contributed by atoms with Gasteiger partial charge < -0.3 is 9.88 Å². The molecule has 1 aliphatic carbocycles. The first-order chi connectivity index (χ1) is 12.6. The van der Waals surface area contributed by atoms with Gasteiger partial charge in [0.25, 0.3) is 0 Å². The minimum Gasteiger partial charge on any atom is -0.353 e. The summed E-state index contributed by atoms with van der Waals surface area (Å²) in [4.78, 5) is 14.6. The maximum atomic E-state index is 11.9. The fraction of sp³-hybridized carbons (Fsp3) is 0.650. The molecule has 2 heterocycles. The second-order valence-electron chi connectivity index (χ2n) is 8.74. The summed E-state index contributed by atoms with van der Waals surface area (Å²) in [5.41, 5.74) is 1.83. The van der Waals surface area contributed by atoms with Crippen LogP contribution in [0.5, 0.6) is 0 Å². The Bertz CT molecular complexity index is 817. The molecule has 1 amide bonds. The van der Waals surface area contributed by atoms with Crippen LogP contribution in [0.3, 0.4) is 0 Å². The Morgan fingerprint density at radius 3 is 2.81 bits per heavy atom. The number of hydrogen-bond donors (Lipinski definition) is 1. The normalized spacial score (nSPS) is 17.2. The summed E-state index contributed by atoms with van der Waals surface area (Å²) in [5, 5.41) is 12.4. The molecule has 2 aromatic heterocycles. The summed E-state index contributed by atoms with van der Waals surface area (Å²) in [7, 11) is 1.98. The van der Waals surface area contributed by atoms with Crippen molar-refractivity contribution in [3.8, 4) is 10.7 Å². The molecule has 0 saturated heterocycles. The highest BCUT2D eigenvalue weighted by Gasteiger charge is 2.30. The zero-order valence-corrected chi connectivity index (χ0v) is 18.8. The van der Waals surface area contributed by atoms with Crippen molar-refractivity contribution < 1.29 is 4.79 Å². The lowest BCUT2D eigenvalue weighted by atomic mass is 9.72. The minimum absolute atomic E-state index is 0.0272. The van der Waals surface area contributed by atoms with Gasteiger partial charge in [0.1, 0.15) is 0 Å². The molecule has 7 heteroatoms. The number of hydrogen-bond acceptors (Lipinski definition) is 5. The number of thioether (sulfide) groups is 1. The maximum Gasteiger partial charge on any atom is 0.230 e. The molecule has 0 saturated carbocycles. The van der Waals surface area contributed by atoms with E-state index in [2.05, 4.69) is 42.4 Å².